The molecule has 1 aliphatic rings. The normalized spacial score (nSPS) is 19.7. The van der Waals surface area contributed by atoms with Gasteiger partial charge in [-0.3, -0.25) is 10.3 Å². The Labute approximate surface area is 162 Å². The van der Waals surface area contributed by atoms with E-state index in [1.807, 2.05) is 12.1 Å². The molecule has 27 heavy (non-hydrogen) atoms. The van der Waals surface area contributed by atoms with E-state index in [0.29, 0.717) is 5.92 Å². The Bertz CT molecular complexity index is 682. The number of hydrogen-bond donors (Lipinski definition) is 3. The zero-order valence-corrected chi connectivity index (χ0v) is 16.3. The van der Waals surface area contributed by atoms with Crippen molar-refractivity contribution >= 4 is 0 Å². The zero-order valence-electron chi connectivity index (χ0n) is 16.3. The van der Waals surface area contributed by atoms with Crippen molar-refractivity contribution in [3.63, 3.8) is 0 Å². The summed E-state index contributed by atoms with van der Waals surface area (Å²) in [6.07, 6.45) is 0. The lowest BCUT2D eigenvalue weighted by molar-refractivity contribution is 0.296. The quantitative estimate of drug-likeness (QED) is 0.634. The maximum atomic E-state index is 13.1. The first kappa shape index (κ1) is 20.0. The lowest BCUT2D eigenvalue weighted by atomic mass is 9.95. The first-order chi connectivity index (χ1) is 13.2. The molecule has 0 amide bonds. The summed E-state index contributed by atoms with van der Waals surface area (Å²) in [6, 6.07) is 15.9. The highest BCUT2D eigenvalue weighted by atomic mass is 19.1. The van der Waals surface area contributed by atoms with E-state index in [4.69, 9.17) is 0 Å². The fourth-order valence-corrected chi connectivity index (χ4v) is 3.62. The third kappa shape index (κ3) is 5.59. The van der Waals surface area contributed by atoms with Gasteiger partial charge < -0.3 is 5.32 Å². The number of nitrogens with zero attached hydrogens (tertiary/aromatic N) is 1. The SMILES string of the molecule is CCN(CC)Cc1ccc(CNCC2CNNC2c2ccc(F)cc2)cc1. The molecule has 5 heteroatoms. The van der Waals surface area contributed by atoms with E-state index in [1.165, 1.54) is 23.3 Å². The van der Waals surface area contributed by atoms with E-state index in [2.05, 4.69) is 59.2 Å². The molecule has 0 aliphatic carbocycles. The molecular weight excluding hydrogens is 339 g/mol. The van der Waals surface area contributed by atoms with E-state index >= 15 is 0 Å². The molecule has 4 nitrogen and oxygen atoms in total. The Morgan fingerprint density at radius 3 is 2.33 bits per heavy atom. The monoisotopic (exact) mass is 370 g/mol. The lowest BCUT2D eigenvalue weighted by Crippen LogP contribution is -2.28. The van der Waals surface area contributed by atoms with Crippen molar-refractivity contribution in [1.29, 1.82) is 0 Å². The fourth-order valence-electron chi connectivity index (χ4n) is 3.62. The third-order valence-electron chi connectivity index (χ3n) is 5.38. The molecule has 2 unspecified atom stereocenters. The summed E-state index contributed by atoms with van der Waals surface area (Å²) in [5.41, 5.74) is 10.3. The van der Waals surface area contributed by atoms with Crippen LogP contribution in [0.15, 0.2) is 48.5 Å². The minimum atomic E-state index is -0.191. The predicted molar refractivity (Wildman–Crippen MR) is 109 cm³/mol. The zero-order chi connectivity index (χ0) is 19.1. The molecule has 0 spiro atoms. The molecule has 1 fully saturated rings. The van der Waals surface area contributed by atoms with Crippen LogP contribution >= 0.6 is 0 Å². The number of rotatable bonds is 9. The molecule has 0 radical (unpaired) electrons. The predicted octanol–water partition coefficient (Wildman–Crippen LogP) is 3.22. The van der Waals surface area contributed by atoms with E-state index in [9.17, 15) is 4.39 Å². The van der Waals surface area contributed by atoms with Crippen molar-refractivity contribution in [1.82, 2.24) is 21.1 Å². The molecule has 2 aromatic carbocycles. The van der Waals surface area contributed by atoms with Gasteiger partial charge in [-0.2, -0.15) is 0 Å². The number of nitrogens with one attached hydrogen (secondary N) is 3. The highest BCUT2D eigenvalue weighted by Crippen LogP contribution is 2.24. The third-order valence-corrected chi connectivity index (χ3v) is 5.38. The van der Waals surface area contributed by atoms with Crippen LogP contribution < -0.4 is 16.2 Å². The molecule has 0 aromatic heterocycles. The lowest BCUT2D eigenvalue weighted by Gasteiger charge is -2.20. The van der Waals surface area contributed by atoms with E-state index in [1.54, 1.807) is 0 Å². The van der Waals surface area contributed by atoms with Crippen LogP contribution in [0.4, 0.5) is 4.39 Å². The highest BCUT2D eigenvalue weighted by molar-refractivity contribution is 5.23. The molecule has 0 saturated carbocycles. The van der Waals surface area contributed by atoms with E-state index < -0.39 is 0 Å². The smallest absolute Gasteiger partial charge is 0.123 e. The Hall–Kier alpha value is -1.79. The van der Waals surface area contributed by atoms with Gasteiger partial charge in [-0.05, 0) is 41.9 Å². The van der Waals surface area contributed by atoms with Crippen molar-refractivity contribution in [2.24, 2.45) is 5.92 Å². The van der Waals surface area contributed by atoms with Crippen LogP contribution in [0.5, 0.6) is 0 Å². The summed E-state index contributed by atoms with van der Waals surface area (Å²) in [5, 5.41) is 3.57. The van der Waals surface area contributed by atoms with Gasteiger partial charge in [0.15, 0.2) is 0 Å². The molecule has 146 valence electrons. The fraction of sp³-hybridized carbons (Fsp3) is 0.455. The van der Waals surface area contributed by atoms with Crippen LogP contribution in [0.25, 0.3) is 0 Å². The molecule has 3 rings (SSSR count). The average Bonchev–Trinajstić information content (AvgIpc) is 3.16. The topological polar surface area (TPSA) is 39.3 Å². The molecule has 1 aliphatic heterocycles. The van der Waals surface area contributed by atoms with Crippen LogP contribution in [0.2, 0.25) is 0 Å². The summed E-state index contributed by atoms with van der Waals surface area (Å²) < 4.78 is 13.1. The number of hydrazine groups is 1. The Balaban J connectivity index is 1.48. The van der Waals surface area contributed by atoms with E-state index in [0.717, 1.165) is 44.8 Å². The summed E-state index contributed by atoms with van der Waals surface area (Å²) in [4.78, 5) is 2.42. The molecule has 1 heterocycles. The summed E-state index contributed by atoms with van der Waals surface area (Å²) in [7, 11) is 0. The second-order valence-corrected chi connectivity index (χ2v) is 7.22. The summed E-state index contributed by atoms with van der Waals surface area (Å²) in [6.45, 7) is 10.2. The van der Waals surface area contributed by atoms with Crippen molar-refractivity contribution in [3.8, 4) is 0 Å². The Morgan fingerprint density at radius 2 is 1.67 bits per heavy atom. The van der Waals surface area contributed by atoms with Crippen molar-refractivity contribution in [3.05, 3.63) is 71.0 Å². The van der Waals surface area contributed by atoms with Crippen LogP contribution in [0.1, 0.15) is 36.6 Å². The Morgan fingerprint density at radius 1 is 1.00 bits per heavy atom. The van der Waals surface area contributed by atoms with Crippen molar-refractivity contribution < 1.29 is 4.39 Å². The van der Waals surface area contributed by atoms with Crippen molar-refractivity contribution in [2.45, 2.75) is 33.0 Å². The number of halogens is 1. The number of hydrogen-bond acceptors (Lipinski definition) is 4. The van der Waals surface area contributed by atoms with Gasteiger partial charge in [0.05, 0.1) is 6.04 Å². The van der Waals surface area contributed by atoms with Gasteiger partial charge in [-0.15, -0.1) is 0 Å². The minimum absolute atomic E-state index is 0.191. The summed E-state index contributed by atoms with van der Waals surface area (Å²) in [5.74, 6) is 0.237. The highest BCUT2D eigenvalue weighted by Gasteiger charge is 2.27. The maximum absolute atomic E-state index is 13.1. The van der Waals surface area contributed by atoms with Gasteiger partial charge in [-0.1, -0.05) is 50.2 Å². The van der Waals surface area contributed by atoms with Crippen molar-refractivity contribution in [2.75, 3.05) is 26.2 Å². The van der Waals surface area contributed by atoms with Crippen LogP contribution in [0, 0.1) is 11.7 Å². The van der Waals surface area contributed by atoms with Crippen LogP contribution in [0.3, 0.4) is 0 Å². The molecule has 2 aromatic rings. The Kier molecular flexibility index (Phi) is 7.35. The molecule has 2 atom stereocenters. The van der Waals surface area contributed by atoms with Gasteiger partial charge in [0.25, 0.3) is 0 Å². The molecule has 1 saturated heterocycles. The molecule has 3 N–H and O–H groups in total. The van der Waals surface area contributed by atoms with Gasteiger partial charge in [0.1, 0.15) is 5.82 Å². The number of benzene rings is 2. The summed E-state index contributed by atoms with van der Waals surface area (Å²) >= 11 is 0. The maximum Gasteiger partial charge on any atom is 0.123 e. The second-order valence-electron chi connectivity index (χ2n) is 7.22. The molecular formula is C22H31FN4. The van der Waals surface area contributed by atoms with Gasteiger partial charge in [0.2, 0.25) is 0 Å². The van der Waals surface area contributed by atoms with Crippen LogP contribution in [-0.2, 0) is 13.1 Å². The van der Waals surface area contributed by atoms with Gasteiger partial charge >= 0.3 is 0 Å². The largest absolute Gasteiger partial charge is 0.312 e. The second kappa shape index (κ2) is 9.95. The first-order valence-corrected chi connectivity index (χ1v) is 9.94. The molecule has 0 bridgehead atoms. The minimum Gasteiger partial charge on any atom is -0.312 e. The standard InChI is InChI=1S/C22H31FN4/c1-3-27(4-2)16-18-7-5-17(6-8-18)13-24-14-20-15-25-26-22(20)19-9-11-21(23)12-10-19/h5-12,20,22,24-26H,3-4,13-16H2,1-2H3. The van der Waals surface area contributed by atoms with E-state index in [-0.39, 0.29) is 11.9 Å². The van der Waals surface area contributed by atoms with Gasteiger partial charge in [0, 0.05) is 32.1 Å². The first-order valence-electron chi connectivity index (χ1n) is 9.94. The van der Waals surface area contributed by atoms with Gasteiger partial charge in [-0.25, -0.2) is 9.82 Å². The average molecular weight is 371 g/mol. The van der Waals surface area contributed by atoms with Crippen LogP contribution in [-0.4, -0.2) is 31.1 Å².